The standard InChI is InChI=1S/C9H9ClN2O/c10-9(11)5-6-3-1-2-4-7(6)12-8(9)13/h1-4H,5,11H2,(H,12,13). The van der Waals surface area contributed by atoms with Gasteiger partial charge in [-0.2, -0.15) is 0 Å². The number of nitrogens with one attached hydrogen (secondary N) is 1. The van der Waals surface area contributed by atoms with Crippen LogP contribution < -0.4 is 11.1 Å². The number of carbonyl (C=O) groups is 1. The topological polar surface area (TPSA) is 55.1 Å². The fraction of sp³-hybridized carbons (Fsp3) is 0.222. The maximum atomic E-state index is 11.3. The molecule has 0 saturated heterocycles. The molecule has 1 atom stereocenters. The Labute approximate surface area is 80.9 Å². The molecule has 2 rings (SSSR count). The highest BCUT2D eigenvalue weighted by Crippen LogP contribution is 2.28. The molecule has 0 saturated carbocycles. The molecule has 1 heterocycles. The van der Waals surface area contributed by atoms with Crippen LogP contribution in [0.15, 0.2) is 24.3 Å². The number of halogens is 1. The first-order chi connectivity index (χ1) is 6.09. The van der Waals surface area contributed by atoms with Crippen molar-refractivity contribution in [1.82, 2.24) is 0 Å². The van der Waals surface area contributed by atoms with Crippen LogP contribution in [0, 0.1) is 0 Å². The fourth-order valence-electron chi connectivity index (χ4n) is 1.38. The van der Waals surface area contributed by atoms with Gasteiger partial charge in [0.15, 0.2) is 5.00 Å². The molecular formula is C9H9ClN2O. The Morgan fingerprint density at radius 3 is 2.92 bits per heavy atom. The maximum Gasteiger partial charge on any atom is 0.260 e. The smallest absolute Gasteiger partial charge is 0.260 e. The zero-order valence-corrected chi connectivity index (χ0v) is 7.64. The second-order valence-corrected chi connectivity index (χ2v) is 3.82. The number of fused-ring (bicyclic) bond motifs is 1. The summed E-state index contributed by atoms with van der Waals surface area (Å²) in [4.78, 5) is 10.0. The van der Waals surface area contributed by atoms with Crippen LogP contribution in [0.4, 0.5) is 5.69 Å². The van der Waals surface area contributed by atoms with E-state index in [2.05, 4.69) is 5.32 Å². The molecule has 0 aliphatic carbocycles. The van der Waals surface area contributed by atoms with Gasteiger partial charge in [-0.1, -0.05) is 29.8 Å². The Balaban J connectivity index is 2.44. The van der Waals surface area contributed by atoms with Crippen molar-refractivity contribution in [2.24, 2.45) is 5.73 Å². The Kier molecular flexibility index (Phi) is 1.78. The third-order valence-corrected chi connectivity index (χ3v) is 2.40. The number of alkyl halides is 1. The molecule has 1 aromatic carbocycles. The number of anilines is 1. The lowest BCUT2D eigenvalue weighted by molar-refractivity contribution is -0.118. The number of hydrogen-bond donors (Lipinski definition) is 2. The van der Waals surface area contributed by atoms with Gasteiger partial charge in [0.1, 0.15) is 0 Å². The van der Waals surface area contributed by atoms with Crippen LogP contribution >= 0.6 is 11.6 Å². The first kappa shape index (κ1) is 8.53. The predicted molar refractivity (Wildman–Crippen MR) is 51.5 cm³/mol. The van der Waals surface area contributed by atoms with Gasteiger partial charge < -0.3 is 11.1 Å². The van der Waals surface area contributed by atoms with Crippen LogP contribution in [0.25, 0.3) is 0 Å². The van der Waals surface area contributed by atoms with Crippen LogP contribution in [0.5, 0.6) is 0 Å². The molecule has 1 aromatic rings. The first-order valence-corrected chi connectivity index (χ1v) is 4.34. The molecule has 1 aliphatic rings. The van der Waals surface area contributed by atoms with Gasteiger partial charge in [-0.15, -0.1) is 0 Å². The van der Waals surface area contributed by atoms with Crippen molar-refractivity contribution in [3.63, 3.8) is 0 Å². The lowest BCUT2D eigenvalue weighted by Crippen LogP contribution is -2.50. The summed E-state index contributed by atoms with van der Waals surface area (Å²) in [6.07, 6.45) is 0.372. The largest absolute Gasteiger partial charge is 0.323 e. The second kappa shape index (κ2) is 2.72. The van der Waals surface area contributed by atoms with Crippen molar-refractivity contribution in [1.29, 1.82) is 0 Å². The van der Waals surface area contributed by atoms with E-state index < -0.39 is 5.00 Å². The van der Waals surface area contributed by atoms with Gasteiger partial charge in [-0.3, -0.25) is 4.79 Å². The minimum absolute atomic E-state index is 0.340. The summed E-state index contributed by atoms with van der Waals surface area (Å²) in [6.45, 7) is 0. The summed E-state index contributed by atoms with van der Waals surface area (Å²) in [7, 11) is 0. The second-order valence-electron chi connectivity index (χ2n) is 3.15. The summed E-state index contributed by atoms with van der Waals surface area (Å²) >= 11 is 5.82. The van der Waals surface area contributed by atoms with Crippen molar-refractivity contribution in [3.8, 4) is 0 Å². The van der Waals surface area contributed by atoms with Crippen LogP contribution in [0.2, 0.25) is 0 Å². The quantitative estimate of drug-likeness (QED) is 0.482. The lowest BCUT2D eigenvalue weighted by Gasteiger charge is -2.27. The molecule has 68 valence electrons. The van der Waals surface area contributed by atoms with Gasteiger partial charge in [-0.25, -0.2) is 0 Å². The highest BCUT2D eigenvalue weighted by atomic mass is 35.5. The van der Waals surface area contributed by atoms with E-state index in [-0.39, 0.29) is 5.91 Å². The SMILES string of the molecule is NC1(Cl)Cc2ccccc2NC1=O. The molecule has 1 amide bonds. The Hall–Kier alpha value is -1.06. The van der Waals surface area contributed by atoms with Gasteiger partial charge in [0.25, 0.3) is 5.91 Å². The Morgan fingerprint density at radius 1 is 1.46 bits per heavy atom. The molecule has 1 unspecified atom stereocenters. The van der Waals surface area contributed by atoms with E-state index >= 15 is 0 Å². The number of benzene rings is 1. The van der Waals surface area contributed by atoms with E-state index in [1.807, 2.05) is 24.3 Å². The van der Waals surface area contributed by atoms with Crippen LogP contribution in [-0.2, 0) is 11.2 Å². The van der Waals surface area contributed by atoms with Gasteiger partial charge in [0.2, 0.25) is 0 Å². The number of para-hydroxylation sites is 1. The first-order valence-electron chi connectivity index (χ1n) is 3.97. The zero-order valence-electron chi connectivity index (χ0n) is 6.88. The normalized spacial score (nSPS) is 26.5. The summed E-state index contributed by atoms with van der Waals surface area (Å²) in [6, 6.07) is 7.48. The molecule has 3 N–H and O–H groups in total. The molecule has 0 aromatic heterocycles. The zero-order chi connectivity index (χ0) is 9.47. The minimum Gasteiger partial charge on any atom is -0.323 e. The van der Waals surface area contributed by atoms with Crippen molar-refractivity contribution in [2.45, 2.75) is 11.4 Å². The summed E-state index contributed by atoms with van der Waals surface area (Å²) in [5, 5.41) is 2.65. The Bertz CT molecular complexity index is 362. The Morgan fingerprint density at radius 2 is 2.15 bits per heavy atom. The third-order valence-electron chi connectivity index (χ3n) is 2.09. The van der Waals surface area contributed by atoms with Crippen molar-refractivity contribution in [3.05, 3.63) is 29.8 Å². The number of carbonyl (C=O) groups excluding carboxylic acids is 1. The summed E-state index contributed by atoms with van der Waals surface area (Å²) in [5.41, 5.74) is 7.36. The number of amides is 1. The van der Waals surface area contributed by atoms with Gasteiger partial charge >= 0.3 is 0 Å². The average Bonchev–Trinajstić information content (AvgIpc) is 2.06. The molecule has 0 radical (unpaired) electrons. The van der Waals surface area contributed by atoms with Crippen LogP contribution in [0.1, 0.15) is 5.56 Å². The number of rotatable bonds is 0. The predicted octanol–water partition coefficient (Wildman–Crippen LogP) is 1.07. The highest BCUT2D eigenvalue weighted by molar-refractivity contribution is 6.36. The molecule has 0 bridgehead atoms. The minimum atomic E-state index is -1.30. The fourth-order valence-corrected chi connectivity index (χ4v) is 1.57. The van der Waals surface area contributed by atoms with E-state index in [4.69, 9.17) is 17.3 Å². The average molecular weight is 197 g/mol. The molecule has 3 nitrogen and oxygen atoms in total. The molecule has 0 fully saturated rings. The van der Waals surface area contributed by atoms with E-state index in [9.17, 15) is 4.79 Å². The van der Waals surface area contributed by atoms with Crippen LogP contribution in [-0.4, -0.2) is 10.9 Å². The monoisotopic (exact) mass is 196 g/mol. The van der Waals surface area contributed by atoms with Gasteiger partial charge in [0, 0.05) is 12.1 Å². The van der Waals surface area contributed by atoms with E-state index in [0.717, 1.165) is 11.3 Å². The maximum absolute atomic E-state index is 11.3. The molecular weight excluding hydrogens is 188 g/mol. The third kappa shape index (κ3) is 1.41. The summed E-state index contributed by atoms with van der Waals surface area (Å²) < 4.78 is 0. The number of hydrogen-bond acceptors (Lipinski definition) is 2. The van der Waals surface area contributed by atoms with Crippen molar-refractivity contribution >= 4 is 23.2 Å². The van der Waals surface area contributed by atoms with E-state index in [1.165, 1.54) is 0 Å². The molecule has 4 heteroatoms. The van der Waals surface area contributed by atoms with E-state index in [1.54, 1.807) is 0 Å². The highest BCUT2D eigenvalue weighted by Gasteiger charge is 2.36. The lowest BCUT2D eigenvalue weighted by atomic mass is 9.99. The summed E-state index contributed by atoms with van der Waals surface area (Å²) in [5.74, 6) is -0.340. The van der Waals surface area contributed by atoms with Gasteiger partial charge in [0.05, 0.1) is 0 Å². The molecule has 1 aliphatic heterocycles. The number of nitrogens with two attached hydrogens (primary N) is 1. The van der Waals surface area contributed by atoms with Crippen molar-refractivity contribution in [2.75, 3.05) is 5.32 Å². The van der Waals surface area contributed by atoms with Crippen molar-refractivity contribution < 1.29 is 4.79 Å². The van der Waals surface area contributed by atoms with Crippen LogP contribution in [0.3, 0.4) is 0 Å². The molecule has 13 heavy (non-hydrogen) atoms. The van der Waals surface area contributed by atoms with E-state index in [0.29, 0.717) is 6.42 Å². The van der Waals surface area contributed by atoms with Gasteiger partial charge in [-0.05, 0) is 11.6 Å². The molecule has 0 spiro atoms.